The van der Waals surface area contributed by atoms with Gasteiger partial charge in [-0.15, -0.1) is 0 Å². The summed E-state index contributed by atoms with van der Waals surface area (Å²) < 4.78 is 5.43. The predicted octanol–water partition coefficient (Wildman–Crippen LogP) is 2.33. The lowest BCUT2D eigenvalue weighted by atomic mass is 10.1. The van der Waals surface area contributed by atoms with Crippen LogP contribution in [0.3, 0.4) is 0 Å². The molecule has 0 saturated carbocycles. The molecule has 0 aromatic heterocycles. The van der Waals surface area contributed by atoms with Crippen LogP contribution in [-0.2, 0) is 4.74 Å². The second-order valence-electron chi connectivity index (χ2n) is 3.28. The molecule has 0 aliphatic heterocycles. The third-order valence-electron chi connectivity index (χ3n) is 1.75. The molecule has 0 saturated heterocycles. The van der Waals surface area contributed by atoms with E-state index in [1.54, 1.807) is 0 Å². The van der Waals surface area contributed by atoms with Gasteiger partial charge in [0.05, 0.1) is 0 Å². The Balaban J connectivity index is 3.54. The molecule has 0 heterocycles. The van der Waals surface area contributed by atoms with Gasteiger partial charge in [0.2, 0.25) is 0 Å². The van der Waals surface area contributed by atoms with Gasteiger partial charge in [0, 0.05) is 6.54 Å². The van der Waals surface area contributed by atoms with Crippen molar-refractivity contribution in [1.29, 1.82) is 0 Å². The maximum absolute atomic E-state index is 5.43. The van der Waals surface area contributed by atoms with Crippen LogP contribution in [0.5, 0.6) is 0 Å². The molecule has 0 rings (SSSR count). The minimum Gasteiger partial charge on any atom is -0.468 e. The van der Waals surface area contributed by atoms with E-state index in [-0.39, 0.29) is 6.10 Å². The molecule has 0 radical (unpaired) electrons. The standard InChI is InChI=1S/C9H19NOS/c1-5-6-10-9(12)11-8(4)7(2)3/h7-8H,5-6H2,1-4H3,(H,10,12). The summed E-state index contributed by atoms with van der Waals surface area (Å²) in [6, 6.07) is 0. The van der Waals surface area contributed by atoms with E-state index in [2.05, 4.69) is 26.1 Å². The average molecular weight is 189 g/mol. The Labute approximate surface area is 80.7 Å². The molecule has 0 aromatic rings. The minimum absolute atomic E-state index is 0.196. The van der Waals surface area contributed by atoms with Gasteiger partial charge in [0.1, 0.15) is 6.10 Å². The van der Waals surface area contributed by atoms with Gasteiger partial charge >= 0.3 is 0 Å². The summed E-state index contributed by atoms with van der Waals surface area (Å²) in [5, 5.41) is 3.55. The molecule has 0 aliphatic carbocycles. The van der Waals surface area contributed by atoms with Gasteiger partial charge in [-0.25, -0.2) is 0 Å². The first-order chi connectivity index (χ1) is 5.57. The maximum atomic E-state index is 5.43. The molecule has 2 nitrogen and oxygen atoms in total. The largest absolute Gasteiger partial charge is 0.468 e. The lowest BCUT2D eigenvalue weighted by molar-refractivity contribution is 0.155. The number of ether oxygens (including phenoxy) is 1. The van der Waals surface area contributed by atoms with Crippen LogP contribution in [0.4, 0.5) is 0 Å². The fourth-order valence-corrected chi connectivity index (χ4v) is 0.827. The Morgan fingerprint density at radius 2 is 2.00 bits per heavy atom. The highest BCUT2D eigenvalue weighted by molar-refractivity contribution is 7.80. The smallest absolute Gasteiger partial charge is 0.256 e. The van der Waals surface area contributed by atoms with Crippen LogP contribution in [0.1, 0.15) is 34.1 Å². The summed E-state index contributed by atoms with van der Waals surface area (Å²) in [7, 11) is 0. The summed E-state index contributed by atoms with van der Waals surface area (Å²) in [5.41, 5.74) is 0. The molecule has 0 fully saturated rings. The molecule has 1 atom stereocenters. The molecule has 3 heteroatoms. The topological polar surface area (TPSA) is 21.3 Å². The molecule has 0 spiro atoms. The van der Waals surface area contributed by atoms with E-state index in [0.29, 0.717) is 11.1 Å². The molecular formula is C9H19NOS. The summed E-state index contributed by atoms with van der Waals surface area (Å²) in [6.45, 7) is 9.26. The number of hydrogen-bond donors (Lipinski definition) is 1. The second kappa shape index (κ2) is 6.23. The zero-order valence-electron chi connectivity index (χ0n) is 8.39. The Bertz CT molecular complexity index is 136. The molecule has 72 valence electrons. The van der Waals surface area contributed by atoms with Crippen molar-refractivity contribution < 1.29 is 4.74 Å². The lowest BCUT2D eigenvalue weighted by Gasteiger charge is -2.18. The summed E-state index contributed by atoms with van der Waals surface area (Å²) >= 11 is 4.98. The molecule has 12 heavy (non-hydrogen) atoms. The van der Waals surface area contributed by atoms with E-state index >= 15 is 0 Å². The van der Waals surface area contributed by atoms with Crippen LogP contribution in [0.15, 0.2) is 0 Å². The van der Waals surface area contributed by atoms with Crippen molar-refractivity contribution in [1.82, 2.24) is 5.32 Å². The fourth-order valence-electron chi connectivity index (χ4n) is 0.574. The van der Waals surface area contributed by atoms with Gasteiger partial charge in [0.25, 0.3) is 5.17 Å². The molecule has 1 N–H and O–H groups in total. The first kappa shape index (κ1) is 11.7. The highest BCUT2D eigenvalue weighted by Gasteiger charge is 2.09. The van der Waals surface area contributed by atoms with Crippen LogP contribution in [0.25, 0.3) is 0 Å². The zero-order valence-corrected chi connectivity index (χ0v) is 9.20. The molecule has 0 aliphatic rings. The summed E-state index contributed by atoms with van der Waals surface area (Å²) in [6.07, 6.45) is 1.27. The lowest BCUT2D eigenvalue weighted by Crippen LogP contribution is -2.30. The van der Waals surface area contributed by atoms with Crippen molar-refractivity contribution in [3.63, 3.8) is 0 Å². The molecule has 1 unspecified atom stereocenters. The highest BCUT2D eigenvalue weighted by atomic mass is 32.1. The van der Waals surface area contributed by atoms with E-state index in [4.69, 9.17) is 17.0 Å². The van der Waals surface area contributed by atoms with E-state index in [0.717, 1.165) is 13.0 Å². The van der Waals surface area contributed by atoms with E-state index in [9.17, 15) is 0 Å². The van der Waals surface area contributed by atoms with Crippen molar-refractivity contribution in [3.8, 4) is 0 Å². The Kier molecular flexibility index (Phi) is 6.07. The number of nitrogens with one attached hydrogen (secondary N) is 1. The monoisotopic (exact) mass is 189 g/mol. The molecule has 0 aromatic carbocycles. The van der Waals surface area contributed by atoms with E-state index in [1.807, 2.05) is 6.92 Å². The van der Waals surface area contributed by atoms with E-state index < -0.39 is 0 Å². The molecule has 0 bridgehead atoms. The third kappa shape index (κ3) is 5.35. The van der Waals surface area contributed by atoms with Gasteiger partial charge in [-0.2, -0.15) is 0 Å². The van der Waals surface area contributed by atoms with Crippen molar-refractivity contribution in [2.45, 2.75) is 40.2 Å². The fraction of sp³-hybridized carbons (Fsp3) is 0.889. The molecule has 0 amide bonds. The SMILES string of the molecule is CCCNC(=S)OC(C)C(C)C. The van der Waals surface area contributed by atoms with Gasteiger partial charge in [0.15, 0.2) is 0 Å². The van der Waals surface area contributed by atoms with Crippen LogP contribution < -0.4 is 5.32 Å². The Morgan fingerprint density at radius 1 is 1.42 bits per heavy atom. The quantitative estimate of drug-likeness (QED) is 0.686. The van der Waals surface area contributed by atoms with Crippen molar-refractivity contribution in [2.24, 2.45) is 5.92 Å². The highest BCUT2D eigenvalue weighted by Crippen LogP contribution is 2.04. The molecular weight excluding hydrogens is 170 g/mol. The van der Waals surface area contributed by atoms with Crippen LogP contribution in [-0.4, -0.2) is 17.8 Å². The number of hydrogen-bond acceptors (Lipinski definition) is 2. The van der Waals surface area contributed by atoms with Crippen molar-refractivity contribution >= 4 is 17.4 Å². The minimum atomic E-state index is 0.196. The summed E-state index contributed by atoms with van der Waals surface area (Å²) in [4.78, 5) is 0. The summed E-state index contributed by atoms with van der Waals surface area (Å²) in [5.74, 6) is 0.506. The van der Waals surface area contributed by atoms with Gasteiger partial charge < -0.3 is 10.1 Å². The zero-order chi connectivity index (χ0) is 9.56. The second-order valence-corrected chi connectivity index (χ2v) is 3.65. The number of rotatable bonds is 4. The van der Waals surface area contributed by atoms with E-state index in [1.165, 1.54) is 0 Å². The predicted molar refractivity (Wildman–Crippen MR) is 56.3 cm³/mol. The van der Waals surface area contributed by atoms with Gasteiger partial charge in [-0.05, 0) is 31.5 Å². The van der Waals surface area contributed by atoms with Gasteiger partial charge in [-0.3, -0.25) is 0 Å². The Hall–Kier alpha value is -0.310. The van der Waals surface area contributed by atoms with Crippen molar-refractivity contribution in [3.05, 3.63) is 0 Å². The van der Waals surface area contributed by atoms with Gasteiger partial charge in [-0.1, -0.05) is 20.8 Å². The van der Waals surface area contributed by atoms with Crippen LogP contribution in [0.2, 0.25) is 0 Å². The van der Waals surface area contributed by atoms with Crippen LogP contribution >= 0.6 is 12.2 Å². The first-order valence-electron chi connectivity index (χ1n) is 4.52. The normalized spacial score (nSPS) is 12.8. The Morgan fingerprint density at radius 3 is 2.42 bits per heavy atom. The number of thiocarbonyl (C=S) groups is 1. The van der Waals surface area contributed by atoms with Crippen molar-refractivity contribution in [2.75, 3.05) is 6.54 Å². The average Bonchev–Trinajstić information content (AvgIpc) is 2.00. The first-order valence-corrected chi connectivity index (χ1v) is 4.93. The third-order valence-corrected chi connectivity index (χ3v) is 1.99. The maximum Gasteiger partial charge on any atom is 0.256 e. The van der Waals surface area contributed by atoms with Crippen LogP contribution in [0, 0.1) is 5.92 Å².